The highest BCUT2D eigenvalue weighted by Gasteiger charge is 2.09. The van der Waals surface area contributed by atoms with Crippen LogP contribution >= 0.6 is 27.3 Å². The number of halogens is 1. The highest BCUT2D eigenvalue weighted by atomic mass is 79.9. The van der Waals surface area contributed by atoms with Gasteiger partial charge < -0.3 is 10.1 Å². The molecule has 0 atom stereocenters. The van der Waals surface area contributed by atoms with Crippen LogP contribution in [0.25, 0.3) is 10.6 Å². The van der Waals surface area contributed by atoms with Crippen molar-refractivity contribution in [3.63, 3.8) is 0 Å². The largest absolute Gasteiger partial charge is 0.496 e. The molecule has 2 aromatic rings. The summed E-state index contributed by atoms with van der Waals surface area (Å²) in [7, 11) is 1.66. The maximum absolute atomic E-state index is 5.22. The van der Waals surface area contributed by atoms with Crippen molar-refractivity contribution in [3.8, 4) is 16.3 Å². The van der Waals surface area contributed by atoms with Crippen LogP contribution in [0.15, 0.2) is 22.7 Å². The van der Waals surface area contributed by atoms with Gasteiger partial charge in [-0.3, -0.25) is 0 Å². The lowest BCUT2D eigenvalue weighted by Gasteiger charge is -2.03. The third kappa shape index (κ3) is 3.75. The predicted molar refractivity (Wildman–Crippen MR) is 81.8 cm³/mol. The van der Waals surface area contributed by atoms with Crippen LogP contribution in [0.4, 0.5) is 0 Å². The molecule has 0 fully saturated rings. The van der Waals surface area contributed by atoms with Gasteiger partial charge in [-0.2, -0.15) is 0 Å². The van der Waals surface area contributed by atoms with Crippen LogP contribution < -0.4 is 10.1 Å². The van der Waals surface area contributed by atoms with E-state index in [2.05, 4.69) is 38.4 Å². The third-order valence-corrected chi connectivity index (χ3v) is 4.28. The van der Waals surface area contributed by atoms with E-state index in [1.54, 1.807) is 18.4 Å². The average Bonchev–Trinajstić information content (AvgIpc) is 2.88. The van der Waals surface area contributed by atoms with Crippen molar-refractivity contribution in [1.29, 1.82) is 0 Å². The van der Waals surface area contributed by atoms with Crippen molar-refractivity contribution < 1.29 is 4.74 Å². The Morgan fingerprint density at radius 3 is 2.89 bits per heavy atom. The molecule has 1 aromatic heterocycles. The molecule has 1 heterocycles. The molecule has 0 aliphatic heterocycles. The first-order valence-electron chi connectivity index (χ1n) is 6.11. The van der Waals surface area contributed by atoms with Gasteiger partial charge in [0.1, 0.15) is 15.8 Å². The molecule has 0 saturated heterocycles. The van der Waals surface area contributed by atoms with Gasteiger partial charge in [0, 0.05) is 18.5 Å². The highest BCUT2D eigenvalue weighted by molar-refractivity contribution is 9.10. The standard InChI is InChI=1S/C13H16BrN3OS/c1-3-15-7-6-12-16-17-13(19-12)9-4-5-11(18-2)10(14)8-9/h4-5,8,15H,3,6-7H2,1-2H3. The number of hydrogen-bond donors (Lipinski definition) is 1. The SMILES string of the molecule is CCNCCc1nnc(-c2ccc(OC)c(Br)c2)s1. The van der Waals surface area contributed by atoms with Gasteiger partial charge in [-0.05, 0) is 40.7 Å². The highest BCUT2D eigenvalue weighted by Crippen LogP contribution is 2.31. The van der Waals surface area contributed by atoms with Gasteiger partial charge in [0.25, 0.3) is 0 Å². The fourth-order valence-corrected chi connectivity index (χ4v) is 3.02. The summed E-state index contributed by atoms with van der Waals surface area (Å²) in [5.41, 5.74) is 1.06. The summed E-state index contributed by atoms with van der Waals surface area (Å²) in [4.78, 5) is 0. The second-order valence-corrected chi connectivity index (χ2v) is 5.87. The first kappa shape index (κ1) is 14.4. The fraction of sp³-hybridized carbons (Fsp3) is 0.385. The lowest BCUT2D eigenvalue weighted by atomic mass is 10.2. The maximum atomic E-state index is 5.22. The smallest absolute Gasteiger partial charge is 0.147 e. The minimum atomic E-state index is 0.820. The number of benzene rings is 1. The van der Waals surface area contributed by atoms with E-state index in [-0.39, 0.29) is 0 Å². The average molecular weight is 342 g/mol. The minimum Gasteiger partial charge on any atom is -0.496 e. The van der Waals surface area contributed by atoms with E-state index in [9.17, 15) is 0 Å². The Kier molecular flexibility index (Phi) is 5.30. The Labute approximate surface area is 125 Å². The van der Waals surface area contributed by atoms with E-state index in [1.807, 2.05) is 18.2 Å². The summed E-state index contributed by atoms with van der Waals surface area (Å²) in [5.74, 6) is 0.820. The van der Waals surface area contributed by atoms with Gasteiger partial charge >= 0.3 is 0 Å². The van der Waals surface area contributed by atoms with Crippen LogP contribution in [0, 0.1) is 0 Å². The molecule has 0 unspecified atom stereocenters. The molecule has 1 N–H and O–H groups in total. The summed E-state index contributed by atoms with van der Waals surface area (Å²) in [6.45, 7) is 4.02. The predicted octanol–water partition coefficient (Wildman–Crippen LogP) is 3.13. The number of methoxy groups -OCH3 is 1. The molecule has 19 heavy (non-hydrogen) atoms. The van der Waals surface area contributed by atoms with Gasteiger partial charge in [-0.25, -0.2) is 0 Å². The van der Waals surface area contributed by atoms with Crippen molar-refractivity contribution in [2.45, 2.75) is 13.3 Å². The lowest BCUT2D eigenvalue weighted by Crippen LogP contribution is -2.15. The summed E-state index contributed by atoms with van der Waals surface area (Å²) in [6, 6.07) is 5.94. The molecule has 0 radical (unpaired) electrons. The van der Waals surface area contributed by atoms with Gasteiger partial charge in [0.15, 0.2) is 0 Å². The Morgan fingerprint density at radius 2 is 2.21 bits per heavy atom. The summed E-state index contributed by atoms with van der Waals surface area (Å²) in [6.07, 6.45) is 0.919. The Bertz CT molecular complexity index is 544. The molecule has 102 valence electrons. The van der Waals surface area contributed by atoms with E-state index in [1.165, 1.54) is 0 Å². The normalized spacial score (nSPS) is 10.7. The molecule has 1 aromatic carbocycles. The number of likely N-dealkylation sites (N-methyl/N-ethyl adjacent to an activating group) is 1. The van der Waals surface area contributed by atoms with Crippen molar-refractivity contribution in [3.05, 3.63) is 27.7 Å². The van der Waals surface area contributed by atoms with Crippen LogP contribution in [-0.2, 0) is 6.42 Å². The molecule has 0 saturated carbocycles. The molecule has 4 nitrogen and oxygen atoms in total. The first-order valence-corrected chi connectivity index (χ1v) is 7.72. The summed E-state index contributed by atoms with van der Waals surface area (Å²) in [5, 5.41) is 13.7. The van der Waals surface area contributed by atoms with E-state index in [0.717, 1.165) is 45.3 Å². The monoisotopic (exact) mass is 341 g/mol. The Morgan fingerprint density at radius 1 is 1.37 bits per heavy atom. The molecule has 2 rings (SSSR count). The second kappa shape index (κ2) is 6.98. The van der Waals surface area contributed by atoms with E-state index < -0.39 is 0 Å². The topological polar surface area (TPSA) is 47.0 Å². The molecule has 0 bridgehead atoms. The minimum absolute atomic E-state index is 0.820. The Balaban J connectivity index is 2.11. The van der Waals surface area contributed by atoms with Crippen LogP contribution in [0.5, 0.6) is 5.75 Å². The van der Waals surface area contributed by atoms with Crippen LogP contribution in [0.1, 0.15) is 11.9 Å². The number of aromatic nitrogens is 2. The maximum Gasteiger partial charge on any atom is 0.147 e. The van der Waals surface area contributed by atoms with Gasteiger partial charge in [-0.1, -0.05) is 18.3 Å². The molecule has 6 heteroatoms. The van der Waals surface area contributed by atoms with Gasteiger partial charge in [0.2, 0.25) is 0 Å². The summed E-state index contributed by atoms with van der Waals surface area (Å²) >= 11 is 5.12. The molecular weight excluding hydrogens is 326 g/mol. The van der Waals surface area contributed by atoms with Gasteiger partial charge in [-0.15, -0.1) is 10.2 Å². The van der Waals surface area contributed by atoms with Crippen molar-refractivity contribution in [2.24, 2.45) is 0 Å². The van der Waals surface area contributed by atoms with Crippen LogP contribution in [-0.4, -0.2) is 30.4 Å². The van der Waals surface area contributed by atoms with E-state index in [4.69, 9.17) is 4.74 Å². The number of nitrogens with one attached hydrogen (secondary N) is 1. The van der Waals surface area contributed by atoms with Crippen molar-refractivity contribution in [2.75, 3.05) is 20.2 Å². The number of hydrogen-bond acceptors (Lipinski definition) is 5. The van der Waals surface area contributed by atoms with Crippen molar-refractivity contribution in [1.82, 2.24) is 15.5 Å². The van der Waals surface area contributed by atoms with E-state index in [0.29, 0.717) is 0 Å². The second-order valence-electron chi connectivity index (χ2n) is 3.95. The lowest BCUT2D eigenvalue weighted by molar-refractivity contribution is 0.412. The molecule has 0 spiro atoms. The zero-order valence-electron chi connectivity index (χ0n) is 10.9. The number of rotatable bonds is 6. The molecule has 0 aliphatic rings. The number of nitrogens with zero attached hydrogens (tertiary/aromatic N) is 2. The van der Waals surface area contributed by atoms with Crippen molar-refractivity contribution >= 4 is 27.3 Å². The quantitative estimate of drug-likeness (QED) is 0.820. The van der Waals surface area contributed by atoms with E-state index >= 15 is 0 Å². The zero-order valence-corrected chi connectivity index (χ0v) is 13.3. The molecule has 0 amide bonds. The third-order valence-electron chi connectivity index (χ3n) is 2.63. The van der Waals surface area contributed by atoms with Crippen LogP contribution in [0.2, 0.25) is 0 Å². The fourth-order valence-electron chi connectivity index (χ4n) is 1.64. The number of ether oxygens (including phenoxy) is 1. The molecule has 0 aliphatic carbocycles. The molecular formula is C13H16BrN3OS. The zero-order chi connectivity index (χ0) is 13.7. The first-order chi connectivity index (χ1) is 9.24. The van der Waals surface area contributed by atoms with Gasteiger partial charge in [0.05, 0.1) is 11.6 Å². The van der Waals surface area contributed by atoms with Crippen LogP contribution in [0.3, 0.4) is 0 Å². The summed E-state index contributed by atoms with van der Waals surface area (Å²) < 4.78 is 6.15. The Hall–Kier alpha value is -0.980.